The van der Waals surface area contributed by atoms with Gasteiger partial charge in [0, 0.05) is 20.2 Å². The number of hydrogen-bond donors (Lipinski definition) is 1. The van der Waals surface area contributed by atoms with E-state index in [1.165, 1.54) is 25.3 Å². The number of nitrogens with zero attached hydrogens (tertiary/aromatic N) is 1. The first-order valence-corrected chi connectivity index (χ1v) is 9.62. The lowest BCUT2D eigenvalue weighted by atomic mass is 10.1. The van der Waals surface area contributed by atoms with Gasteiger partial charge in [0.25, 0.3) is 5.91 Å². The van der Waals surface area contributed by atoms with Gasteiger partial charge in [0.2, 0.25) is 0 Å². The number of carbonyl (C=O) groups is 1. The third kappa shape index (κ3) is 7.56. The Kier molecular flexibility index (Phi) is 9.06. The highest BCUT2D eigenvalue weighted by molar-refractivity contribution is 5.94. The molecule has 0 atom stereocenters. The maximum absolute atomic E-state index is 14.7. The van der Waals surface area contributed by atoms with Crippen molar-refractivity contribution in [1.29, 1.82) is 0 Å². The number of methoxy groups -OCH3 is 1. The fourth-order valence-corrected chi connectivity index (χ4v) is 2.90. The second-order valence-corrected chi connectivity index (χ2v) is 6.67. The minimum Gasteiger partial charge on any atom is -0.494 e. The number of primary amides is 1. The van der Waals surface area contributed by atoms with Crippen molar-refractivity contribution in [2.24, 2.45) is 5.73 Å². The van der Waals surface area contributed by atoms with Crippen LogP contribution >= 0.6 is 0 Å². The summed E-state index contributed by atoms with van der Waals surface area (Å²) < 4.78 is 79.2. The molecule has 0 saturated carbocycles. The number of nitrogens with two attached hydrogens (primary N) is 1. The topological polar surface area (TPSA) is 74.0 Å². The third-order valence-electron chi connectivity index (χ3n) is 4.37. The smallest absolute Gasteiger partial charge is 0.494 e. The van der Waals surface area contributed by atoms with Crippen molar-refractivity contribution in [3.05, 3.63) is 53.6 Å². The Morgan fingerprint density at radius 1 is 0.969 bits per heavy atom. The first-order valence-electron chi connectivity index (χ1n) is 9.62. The molecule has 32 heavy (non-hydrogen) atoms. The van der Waals surface area contributed by atoms with E-state index in [1.807, 2.05) is 0 Å². The molecule has 1 amide bonds. The SMILES string of the molecule is COCCN(CCCCOc1ccc(OC(F)(F)F)cc1)c1ccc(F)c(C(N)=O)c1F. The van der Waals surface area contributed by atoms with Crippen molar-refractivity contribution in [3.8, 4) is 11.5 Å². The average Bonchev–Trinajstić information content (AvgIpc) is 2.70. The highest BCUT2D eigenvalue weighted by Gasteiger charge is 2.31. The molecule has 0 fully saturated rings. The number of unbranched alkanes of at least 4 members (excludes halogenated alkanes) is 1. The van der Waals surface area contributed by atoms with Crippen LogP contribution in [0, 0.1) is 11.6 Å². The van der Waals surface area contributed by atoms with Gasteiger partial charge in [-0.25, -0.2) is 8.78 Å². The molecule has 0 aromatic heterocycles. The van der Waals surface area contributed by atoms with Gasteiger partial charge in [0.1, 0.15) is 22.9 Å². The predicted octanol–water partition coefficient (Wildman–Crippen LogP) is 4.27. The maximum Gasteiger partial charge on any atom is 0.573 e. The summed E-state index contributed by atoms with van der Waals surface area (Å²) in [6.45, 7) is 1.17. The molecule has 0 aliphatic rings. The molecule has 0 heterocycles. The van der Waals surface area contributed by atoms with E-state index < -0.39 is 29.5 Å². The fraction of sp³-hybridized carbons (Fsp3) is 0.381. The van der Waals surface area contributed by atoms with Gasteiger partial charge in [-0.3, -0.25) is 4.79 Å². The van der Waals surface area contributed by atoms with Gasteiger partial charge in [-0.05, 0) is 49.2 Å². The number of carbonyl (C=O) groups excluding carboxylic acids is 1. The van der Waals surface area contributed by atoms with Crippen molar-refractivity contribution in [1.82, 2.24) is 0 Å². The summed E-state index contributed by atoms with van der Waals surface area (Å²) >= 11 is 0. The van der Waals surface area contributed by atoms with E-state index in [-0.39, 0.29) is 24.7 Å². The molecule has 11 heteroatoms. The third-order valence-corrected chi connectivity index (χ3v) is 4.37. The molecule has 2 aromatic rings. The van der Waals surface area contributed by atoms with Crippen LogP contribution in [0.15, 0.2) is 36.4 Å². The van der Waals surface area contributed by atoms with E-state index in [1.54, 1.807) is 4.90 Å². The Morgan fingerprint density at radius 3 is 2.22 bits per heavy atom. The van der Waals surface area contributed by atoms with Gasteiger partial charge in [0.15, 0.2) is 5.82 Å². The molecule has 0 unspecified atom stereocenters. The van der Waals surface area contributed by atoms with Gasteiger partial charge in [-0.1, -0.05) is 0 Å². The standard InChI is InChI=1S/C21H23F5N2O4/c1-30-13-11-28(17-9-8-16(22)18(19(17)23)20(27)29)10-2-3-12-31-14-4-6-15(7-5-14)32-21(24,25)26/h4-9H,2-3,10-13H2,1H3,(H2,27,29). The van der Waals surface area contributed by atoms with Crippen LogP contribution in [0.5, 0.6) is 11.5 Å². The lowest BCUT2D eigenvalue weighted by Crippen LogP contribution is -2.30. The second kappa shape index (κ2) is 11.5. The largest absolute Gasteiger partial charge is 0.573 e. The van der Waals surface area contributed by atoms with Gasteiger partial charge < -0.3 is 24.8 Å². The van der Waals surface area contributed by atoms with Crippen molar-refractivity contribution in [2.45, 2.75) is 19.2 Å². The molecule has 2 aromatic carbocycles. The van der Waals surface area contributed by atoms with Gasteiger partial charge in [-0.2, -0.15) is 0 Å². The zero-order valence-corrected chi connectivity index (χ0v) is 17.3. The Hall–Kier alpha value is -3.08. The van der Waals surface area contributed by atoms with Gasteiger partial charge in [-0.15, -0.1) is 13.2 Å². The van der Waals surface area contributed by atoms with Gasteiger partial charge in [0.05, 0.1) is 18.9 Å². The monoisotopic (exact) mass is 462 g/mol. The highest BCUT2D eigenvalue weighted by atomic mass is 19.4. The molecule has 0 radical (unpaired) electrons. The van der Waals surface area contributed by atoms with Crippen molar-refractivity contribution in [3.63, 3.8) is 0 Å². The van der Waals surface area contributed by atoms with Crippen LogP contribution in [0.25, 0.3) is 0 Å². The average molecular weight is 462 g/mol. The number of ether oxygens (including phenoxy) is 3. The summed E-state index contributed by atoms with van der Waals surface area (Å²) in [5, 5.41) is 0. The van der Waals surface area contributed by atoms with Crippen LogP contribution in [0.1, 0.15) is 23.2 Å². The molecular weight excluding hydrogens is 439 g/mol. The van der Waals surface area contributed by atoms with Crippen LogP contribution in [0.2, 0.25) is 0 Å². The molecule has 0 aliphatic carbocycles. The molecule has 2 rings (SSSR count). The Balaban J connectivity index is 1.91. The number of anilines is 1. The van der Waals surface area contributed by atoms with E-state index in [0.29, 0.717) is 31.7 Å². The van der Waals surface area contributed by atoms with Crippen LogP contribution < -0.4 is 20.1 Å². The molecular formula is C21H23F5N2O4. The number of hydrogen-bond acceptors (Lipinski definition) is 5. The molecule has 6 nitrogen and oxygen atoms in total. The van der Waals surface area contributed by atoms with Crippen molar-refractivity contribution >= 4 is 11.6 Å². The second-order valence-electron chi connectivity index (χ2n) is 6.67. The quantitative estimate of drug-likeness (QED) is 0.377. The fourth-order valence-electron chi connectivity index (χ4n) is 2.90. The Bertz CT molecular complexity index is 891. The number of benzene rings is 2. The molecule has 176 valence electrons. The van der Waals surface area contributed by atoms with Gasteiger partial charge >= 0.3 is 6.36 Å². The summed E-state index contributed by atoms with van der Waals surface area (Å²) in [6, 6.07) is 7.20. The molecule has 0 spiro atoms. The summed E-state index contributed by atoms with van der Waals surface area (Å²) in [4.78, 5) is 13.0. The van der Waals surface area contributed by atoms with Crippen LogP contribution in [0.4, 0.5) is 27.6 Å². The number of halogens is 5. The zero-order chi connectivity index (χ0) is 23.7. The summed E-state index contributed by atoms with van der Waals surface area (Å²) in [5.41, 5.74) is 4.30. The van der Waals surface area contributed by atoms with E-state index in [0.717, 1.165) is 18.2 Å². The first-order chi connectivity index (χ1) is 15.1. The van der Waals surface area contributed by atoms with E-state index in [9.17, 15) is 26.7 Å². The lowest BCUT2D eigenvalue weighted by molar-refractivity contribution is -0.274. The molecule has 0 aliphatic heterocycles. The summed E-state index contributed by atoms with van der Waals surface area (Å²) in [6.07, 6.45) is -3.68. The Labute approximate surface area is 181 Å². The van der Waals surface area contributed by atoms with E-state index >= 15 is 0 Å². The normalized spacial score (nSPS) is 11.3. The van der Waals surface area contributed by atoms with E-state index in [2.05, 4.69) is 4.74 Å². The number of alkyl halides is 3. The Morgan fingerprint density at radius 2 is 1.62 bits per heavy atom. The number of amides is 1. The van der Waals surface area contributed by atoms with E-state index in [4.69, 9.17) is 15.2 Å². The first kappa shape index (κ1) is 25.2. The van der Waals surface area contributed by atoms with Crippen LogP contribution in [0.3, 0.4) is 0 Å². The van der Waals surface area contributed by atoms with Crippen molar-refractivity contribution < 1.29 is 41.0 Å². The predicted molar refractivity (Wildman–Crippen MR) is 107 cm³/mol. The minimum absolute atomic E-state index is 0.0263. The van der Waals surface area contributed by atoms with Crippen LogP contribution in [-0.4, -0.2) is 45.7 Å². The minimum atomic E-state index is -4.76. The molecule has 2 N–H and O–H groups in total. The summed E-state index contributed by atoms with van der Waals surface area (Å²) in [5.74, 6) is -3.26. The molecule has 0 saturated heterocycles. The number of rotatable bonds is 12. The molecule has 0 bridgehead atoms. The highest BCUT2D eigenvalue weighted by Crippen LogP contribution is 2.26. The van der Waals surface area contributed by atoms with Crippen molar-refractivity contribution in [2.75, 3.05) is 38.3 Å². The zero-order valence-electron chi connectivity index (χ0n) is 17.3. The maximum atomic E-state index is 14.7. The lowest BCUT2D eigenvalue weighted by Gasteiger charge is -2.25. The summed E-state index contributed by atoms with van der Waals surface area (Å²) in [7, 11) is 1.48. The van der Waals surface area contributed by atoms with Crippen LogP contribution in [-0.2, 0) is 4.74 Å².